The summed E-state index contributed by atoms with van der Waals surface area (Å²) in [6.45, 7) is 6.34. The fourth-order valence-corrected chi connectivity index (χ4v) is 6.07. The molecule has 2 aliphatic heterocycles. The number of nitrogens with one attached hydrogen (secondary N) is 1. The molecule has 2 fully saturated rings. The average molecular weight is 483 g/mol. The van der Waals surface area contributed by atoms with E-state index in [1.54, 1.807) is 17.0 Å². The van der Waals surface area contributed by atoms with Gasteiger partial charge in [0.2, 0.25) is 15.9 Å². The van der Waals surface area contributed by atoms with Crippen molar-refractivity contribution in [2.24, 2.45) is 0 Å². The van der Waals surface area contributed by atoms with Crippen LogP contribution in [-0.4, -0.2) is 102 Å². The second kappa shape index (κ2) is 12.5. The Hall–Kier alpha value is -1.88. The Labute approximate surface area is 198 Å². The van der Waals surface area contributed by atoms with Crippen molar-refractivity contribution in [1.82, 2.24) is 19.4 Å². The highest BCUT2D eigenvalue weighted by Gasteiger charge is 2.29. The molecule has 10 heteroatoms. The van der Waals surface area contributed by atoms with Crippen molar-refractivity contribution in [2.75, 3.05) is 73.1 Å². The van der Waals surface area contributed by atoms with E-state index in [9.17, 15) is 13.2 Å². The van der Waals surface area contributed by atoms with Gasteiger partial charge in [-0.15, -0.1) is 0 Å². The van der Waals surface area contributed by atoms with Gasteiger partial charge in [0.25, 0.3) is 0 Å². The summed E-state index contributed by atoms with van der Waals surface area (Å²) in [5.41, 5.74) is 0. The highest BCUT2D eigenvalue weighted by molar-refractivity contribution is 7.89. The SMILES string of the molecule is COc1ccc(OC)c(S(=O)(=O)N(CCCN2CCCCC2)CCC(=O)N2CCNCC2)c1. The average Bonchev–Trinajstić information content (AvgIpc) is 2.86. The molecule has 3 rings (SSSR count). The molecule has 0 bridgehead atoms. The number of sulfonamides is 1. The molecule has 1 aromatic carbocycles. The molecule has 9 nitrogen and oxygen atoms in total. The second-order valence-electron chi connectivity index (χ2n) is 8.56. The molecule has 0 aliphatic carbocycles. The lowest BCUT2D eigenvalue weighted by Gasteiger charge is -2.30. The van der Waals surface area contributed by atoms with Crippen molar-refractivity contribution in [3.05, 3.63) is 18.2 Å². The Morgan fingerprint density at radius 2 is 1.76 bits per heavy atom. The van der Waals surface area contributed by atoms with Gasteiger partial charge >= 0.3 is 0 Å². The van der Waals surface area contributed by atoms with Crippen LogP contribution in [0.1, 0.15) is 32.1 Å². The number of benzene rings is 1. The third-order valence-corrected chi connectivity index (χ3v) is 8.28. The summed E-state index contributed by atoms with van der Waals surface area (Å²) < 4.78 is 39.4. The van der Waals surface area contributed by atoms with Crippen LogP contribution in [-0.2, 0) is 14.8 Å². The minimum atomic E-state index is -3.88. The van der Waals surface area contributed by atoms with E-state index in [0.29, 0.717) is 31.8 Å². The number of likely N-dealkylation sites (tertiary alicyclic amines) is 1. The molecule has 0 atom stereocenters. The third kappa shape index (κ3) is 7.05. The number of nitrogens with zero attached hydrogens (tertiary/aromatic N) is 3. The lowest BCUT2D eigenvalue weighted by Crippen LogP contribution is -2.47. The van der Waals surface area contributed by atoms with Crippen molar-refractivity contribution >= 4 is 15.9 Å². The molecule has 1 amide bonds. The third-order valence-electron chi connectivity index (χ3n) is 6.36. The van der Waals surface area contributed by atoms with Crippen LogP contribution in [0.5, 0.6) is 11.5 Å². The standard InChI is InChI=1S/C23H38N4O5S/c1-31-20-7-8-21(32-2)22(19-20)33(29,30)27(15-6-14-25-12-4-3-5-13-25)16-9-23(28)26-17-10-24-11-18-26/h7-8,19,24H,3-6,9-18H2,1-2H3. The molecule has 1 aromatic rings. The Morgan fingerprint density at radius 1 is 1.03 bits per heavy atom. The molecular formula is C23H38N4O5S. The number of hydrogen-bond donors (Lipinski definition) is 1. The fourth-order valence-electron chi connectivity index (χ4n) is 4.42. The molecule has 2 aliphatic rings. The topological polar surface area (TPSA) is 91.4 Å². The van der Waals surface area contributed by atoms with Gasteiger partial charge in [-0.25, -0.2) is 8.42 Å². The van der Waals surface area contributed by atoms with Crippen LogP contribution < -0.4 is 14.8 Å². The van der Waals surface area contributed by atoms with Gasteiger partial charge in [-0.05, 0) is 51.0 Å². The number of ether oxygens (including phenoxy) is 2. The summed E-state index contributed by atoms with van der Waals surface area (Å²) in [5, 5.41) is 3.23. The molecule has 186 valence electrons. The molecule has 1 N–H and O–H groups in total. The molecular weight excluding hydrogens is 444 g/mol. The summed E-state index contributed by atoms with van der Waals surface area (Å²) >= 11 is 0. The fraction of sp³-hybridized carbons (Fsp3) is 0.696. The number of piperazine rings is 1. The van der Waals surface area contributed by atoms with E-state index in [1.165, 1.54) is 43.9 Å². The van der Waals surface area contributed by atoms with Crippen LogP contribution in [0.25, 0.3) is 0 Å². The smallest absolute Gasteiger partial charge is 0.246 e. The predicted molar refractivity (Wildman–Crippen MR) is 127 cm³/mol. The summed E-state index contributed by atoms with van der Waals surface area (Å²) in [7, 11) is -0.924. The summed E-state index contributed by atoms with van der Waals surface area (Å²) in [6, 6.07) is 4.76. The van der Waals surface area contributed by atoms with Gasteiger partial charge in [-0.2, -0.15) is 4.31 Å². The van der Waals surface area contributed by atoms with Crippen molar-refractivity contribution in [2.45, 2.75) is 37.0 Å². The summed E-state index contributed by atoms with van der Waals surface area (Å²) in [4.78, 5) is 17.0. The lowest BCUT2D eigenvalue weighted by molar-refractivity contribution is -0.131. The molecule has 0 spiro atoms. The van der Waals surface area contributed by atoms with Crippen LogP contribution in [0.4, 0.5) is 0 Å². The van der Waals surface area contributed by atoms with Crippen LogP contribution in [0.2, 0.25) is 0 Å². The minimum Gasteiger partial charge on any atom is -0.497 e. The summed E-state index contributed by atoms with van der Waals surface area (Å²) in [6.07, 6.45) is 4.54. The lowest BCUT2D eigenvalue weighted by atomic mass is 10.1. The number of rotatable bonds is 11. The predicted octanol–water partition coefficient (Wildman–Crippen LogP) is 1.39. The molecule has 0 saturated carbocycles. The maximum Gasteiger partial charge on any atom is 0.246 e. The molecule has 0 radical (unpaired) electrons. The van der Waals surface area contributed by atoms with Crippen LogP contribution in [0.15, 0.2) is 23.1 Å². The largest absolute Gasteiger partial charge is 0.497 e. The van der Waals surface area contributed by atoms with Crippen LogP contribution in [0.3, 0.4) is 0 Å². The number of carbonyl (C=O) groups excluding carboxylic acids is 1. The number of piperidine rings is 1. The van der Waals surface area contributed by atoms with Gasteiger partial charge < -0.3 is 24.6 Å². The van der Waals surface area contributed by atoms with Crippen LogP contribution >= 0.6 is 0 Å². The summed E-state index contributed by atoms with van der Waals surface area (Å²) in [5.74, 6) is 0.704. The van der Waals surface area contributed by atoms with Gasteiger partial charge in [0.05, 0.1) is 14.2 Å². The quantitative estimate of drug-likeness (QED) is 0.510. The molecule has 33 heavy (non-hydrogen) atoms. The van der Waals surface area contributed by atoms with Crippen molar-refractivity contribution < 1.29 is 22.7 Å². The maximum atomic E-state index is 13.7. The second-order valence-corrected chi connectivity index (χ2v) is 10.5. The first-order chi connectivity index (χ1) is 16.0. The molecule has 2 heterocycles. The van der Waals surface area contributed by atoms with Gasteiger partial charge in [-0.3, -0.25) is 4.79 Å². The van der Waals surface area contributed by atoms with Crippen molar-refractivity contribution in [3.8, 4) is 11.5 Å². The zero-order valence-electron chi connectivity index (χ0n) is 19.9. The Morgan fingerprint density at radius 3 is 2.42 bits per heavy atom. The van der Waals surface area contributed by atoms with Gasteiger partial charge in [0, 0.05) is 51.8 Å². The van der Waals surface area contributed by atoms with E-state index in [1.807, 2.05) is 0 Å². The highest BCUT2D eigenvalue weighted by atomic mass is 32.2. The van der Waals surface area contributed by atoms with Gasteiger partial charge in [0.1, 0.15) is 16.4 Å². The maximum absolute atomic E-state index is 13.7. The Kier molecular flexibility index (Phi) is 9.78. The first kappa shape index (κ1) is 25.7. The first-order valence-electron chi connectivity index (χ1n) is 11.9. The first-order valence-corrected chi connectivity index (χ1v) is 13.3. The number of hydrogen-bond acceptors (Lipinski definition) is 7. The van der Waals surface area contributed by atoms with E-state index in [2.05, 4.69) is 10.2 Å². The van der Waals surface area contributed by atoms with E-state index < -0.39 is 10.0 Å². The van der Waals surface area contributed by atoms with E-state index in [-0.39, 0.29) is 29.5 Å². The monoisotopic (exact) mass is 482 g/mol. The normalized spacial score (nSPS) is 17.8. The molecule has 2 saturated heterocycles. The van der Waals surface area contributed by atoms with E-state index in [4.69, 9.17) is 9.47 Å². The zero-order valence-corrected chi connectivity index (χ0v) is 20.7. The number of methoxy groups -OCH3 is 2. The number of carbonyl (C=O) groups is 1. The number of amides is 1. The zero-order chi connectivity index (χ0) is 23.7. The Bertz CT molecular complexity index is 868. The van der Waals surface area contributed by atoms with Crippen molar-refractivity contribution in [3.63, 3.8) is 0 Å². The van der Waals surface area contributed by atoms with E-state index in [0.717, 1.165) is 32.7 Å². The molecule has 0 aromatic heterocycles. The van der Waals surface area contributed by atoms with Crippen molar-refractivity contribution in [1.29, 1.82) is 0 Å². The highest BCUT2D eigenvalue weighted by Crippen LogP contribution is 2.31. The molecule has 0 unspecified atom stereocenters. The van der Waals surface area contributed by atoms with E-state index >= 15 is 0 Å². The van der Waals surface area contributed by atoms with Gasteiger partial charge in [-0.1, -0.05) is 6.42 Å². The van der Waals surface area contributed by atoms with Crippen LogP contribution in [0, 0.1) is 0 Å². The Balaban J connectivity index is 1.74. The van der Waals surface area contributed by atoms with Gasteiger partial charge in [0.15, 0.2) is 0 Å². The minimum absolute atomic E-state index is 0.00895.